The van der Waals surface area contributed by atoms with E-state index in [1.54, 1.807) is 0 Å². The van der Waals surface area contributed by atoms with Crippen molar-refractivity contribution in [3.05, 3.63) is 44.2 Å². The molecule has 1 aromatic rings. The Morgan fingerprint density at radius 2 is 1.88 bits per heavy atom. The summed E-state index contributed by atoms with van der Waals surface area (Å²) in [4.78, 5) is 47.8. The molecule has 0 aliphatic heterocycles. The number of amides is 1. The zero-order valence-corrected chi connectivity index (χ0v) is 17.0. The van der Waals surface area contributed by atoms with Crippen LogP contribution in [-0.2, 0) is 14.4 Å². The fraction of sp³-hybridized carbons (Fsp3) is 0.350. The van der Waals surface area contributed by atoms with E-state index in [1.165, 1.54) is 6.92 Å². The summed E-state index contributed by atoms with van der Waals surface area (Å²) in [5, 5.41) is 65.5. The van der Waals surface area contributed by atoms with Crippen molar-refractivity contribution in [3.8, 4) is 5.75 Å². The van der Waals surface area contributed by atoms with Crippen LogP contribution in [0.25, 0.3) is 5.76 Å². The average Bonchev–Trinajstić information content (AvgIpc) is 2.72. The number of phenols is 1. The molecule has 1 aromatic carbocycles. The highest BCUT2D eigenvalue weighted by molar-refractivity contribution is 6.23. The Labute approximate surface area is 184 Å². The second kappa shape index (κ2) is 6.76. The minimum atomic E-state index is -2.99. The number of nitro benzene ring substituents is 1. The number of Topliss-reactive ketones (excluding diaryl/α,β-unsaturated/α-hetero) is 2. The number of nitrogens with two attached hydrogens (primary N) is 2. The summed E-state index contributed by atoms with van der Waals surface area (Å²) < 4.78 is 0. The minimum absolute atomic E-state index is 0.0152. The predicted octanol–water partition coefficient (Wildman–Crippen LogP) is -0.554. The van der Waals surface area contributed by atoms with Gasteiger partial charge in [0.05, 0.1) is 16.6 Å². The third kappa shape index (κ3) is 2.57. The Hall–Kier alpha value is -3.97. The largest absolute Gasteiger partial charge is 0.508 e. The molecule has 13 nitrogen and oxygen atoms in total. The van der Waals surface area contributed by atoms with Crippen molar-refractivity contribution < 1.29 is 44.8 Å². The number of hydrogen-bond acceptors (Lipinski definition) is 11. The topological polar surface area (TPSA) is 248 Å². The summed E-state index contributed by atoms with van der Waals surface area (Å²) in [5.41, 5.74) is 4.81. The van der Waals surface area contributed by atoms with E-state index in [0.29, 0.717) is 0 Å². The molecule has 3 aliphatic carbocycles. The molecule has 0 radical (unpaired) electrons. The number of ketones is 2. The van der Waals surface area contributed by atoms with Gasteiger partial charge in [-0.15, -0.1) is 0 Å². The van der Waals surface area contributed by atoms with Crippen molar-refractivity contribution in [2.45, 2.75) is 31.0 Å². The molecule has 4 rings (SSSR count). The van der Waals surface area contributed by atoms with E-state index in [0.717, 1.165) is 6.07 Å². The number of nitro groups is 1. The molecule has 1 fully saturated rings. The number of rotatable bonds is 2. The summed E-state index contributed by atoms with van der Waals surface area (Å²) in [6.45, 7) is 1.47. The molecular weight excluding hydrogens is 442 g/mol. The summed E-state index contributed by atoms with van der Waals surface area (Å²) in [6, 6.07) is 0.869. The van der Waals surface area contributed by atoms with Crippen LogP contribution >= 0.6 is 0 Å². The van der Waals surface area contributed by atoms with Gasteiger partial charge in [0.25, 0.3) is 5.91 Å². The lowest BCUT2D eigenvalue weighted by Crippen LogP contribution is -2.63. The number of hydrogen-bond donors (Lipinski definition) is 7. The number of carbonyl (C=O) groups excluding carboxylic acids is 3. The number of primary amides is 1. The maximum Gasteiger partial charge on any atom is 0.313 e. The molecule has 0 heterocycles. The first-order chi connectivity index (χ1) is 15.3. The van der Waals surface area contributed by atoms with Crippen LogP contribution in [0.1, 0.15) is 30.4 Å². The molecule has 0 aromatic heterocycles. The number of nitrogens with zero attached hydrogens (tertiary/aromatic N) is 1. The number of aliphatic hydroxyl groups is 4. The first-order valence-corrected chi connectivity index (χ1v) is 9.71. The number of benzene rings is 1. The summed E-state index contributed by atoms with van der Waals surface area (Å²) in [7, 11) is 0. The van der Waals surface area contributed by atoms with Gasteiger partial charge in [-0.2, -0.15) is 0 Å². The standard InChI is InChI=1S/C20H19N3O10/c1-4-9-6(21)3-7(23(32)33)15(26)12(9)16(27)13-10(4)14(25)5-2-8(24)11(19(22)30)17(28)20(5,31)18(13)29/h3-5,10,14,25-28,31H,2,21H2,1H3,(H2,22,30)/t4-,5+,10+,14-,20+/m0/s1. The van der Waals surface area contributed by atoms with Crippen LogP contribution < -0.4 is 11.5 Å². The molecule has 0 bridgehead atoms. The van der Waals surface area contributed by atoms with Crippen LogP contribution in [-0.4, -0.2) is 59.6 Å². The smallest absolute Gasteiger partial charge is 0.313 e. The summed E-state index contributed by atoms with van der Waals surface area (Å²) in [5.74, 6) is -10.9. The van der Waals surface area contributed by atoms with Crippen LogP contribution in [0.3, 0.4) is 0 Å². The zero-order chi connectivity index (χ0) is 24.7. The Kier molecular flexibility index (Phi) is 4.56. The number of carbonyl (C=O) groups is 3. The van der Waals surface area contributed by atoms with Gasteiger partial charge in [0.15, 0.2) is 11.4 Å². The monoisotopic (exact) mass is 461 g/mol. The van der Waals surface area contributed by atoms with E-state index >= 15 is 0 Å². The zero-order valence-electron chi connectivity index (χ0n) is 17.0. The number of nitrogen functional groups attached to an aromatic ring is 1. The molecule has 3 aliphatic rings. The van der Waals surface area contributed by atoms with Gasteiger partial charge in [-0.1, -0.05) is 6.92 Å². The number of aliphatic hydroxyl groups excluding tert-OH is 3. The number of fused-ring (bicyclic) bond motifs is 3. The van der Waals surface area contributed by atoms with E-state index in [2.05, 4.69) is 0 Å². The molecule has 174 valence electrons. The van der Waals surface area contributed by atoms with Gasteiger partial charge >= 0.3 is 5.69 Å². The van der Waals surface area contributed by atoms with Gasteiger partial charge in [-0.25, -0.2) is 0 Å². The van der Waals surface area contributed by atoms with Crippen LogP contribution in [0, 0.1) is 22.0 Å². The van der Waals surface area contributed by atoms with Gasteiger partial charge in [0, 0.05) is 35.6 Å². The van der Waals surface area contributed by atoms with Crippen LogP contribution in [0.15, 0.2) is 23.0 Å². The first kappa shape index (κ1) is 22.2. The molecular formula is C20H19N3O10. The van der Waals surface area contributed by atoms with Crippen LogP contribution in [0.4, 0.5) is 11.4 Å². The molecule has 1 amide bonds. The number of aromatic hydroxyl groups is 1. The number of anilines is 1. The van der Waals surface area contributed by atoms with E-state index in [1.807, 2.05) is 0 Å². The molecule has 0 spiro atoms. The van der Waals surface area contributed by atoms with Crippen molar-refractivity contribution in [3.63, 3.8) is 0 Å². The molecule has 13 heteroatoms. The van der Waals surface area contributed by atoms with Gasteiger partial charge in [-0.05, 0) is 11.5 Å². The fourth-order valence-corrected chi connectivity index (χ4v) is 5.31. The highest BCUT2D eigenvalue weighted by Crippen LogP contribution is 2.57. The molecule has 0 saturated heterocycles. The molecule has 5 atom stereocenters. The minimum Gasteiger partial charge on any atom is -0.508 e. The van der Waals surface area contributed by atoms with E-state index in [-0.39, 0.29) is 11.3 Å². The lowest BCUT2D eigenvalue weighted by atomic mass is 9.55. The summed E-state index contributed by atoms with van der Waals surface area (Å²) in [6.07, 6.45) is -2.43. The lowest BCUT2D eigenvalue weighted by Gasteiger charge is -2.50. The van der Waals surface area contributed by atoms with Crippen LogP contribution in [0.5, 0.6) is 5.75 Å². The maximum absolute atomic E-state index is 13.4. The van der Waals surface area contributed by atoms with Gasteiger partial charge in [0.2, 0.25) is 11.5 Å². The van der Waals surface area contributed by atoms with Crippen molar-refractivity contribution >= 4 is 34.6 Å². The fourth-order valence-electron chi connectivity index (χ4n) is 5.31. The molecule has 0 unspecified atom stereocenters. The Bertz CT molecular complexity index is 1250. The molecule has 33 heavy (non-hydrogen) atoms. The average molecular weight is 461 g/mol. The Balaban J connectivity index is 2.06. The van der Waals surface area contributed by atoms with Crippen molar-refractivity contribution in [1.29, 1.82) is 0 Å². The normalized spacial score (nSPS) is 31.1. The highest BCUT2D eigenvalue weighted by atomic mass is 16.6. The van der Waals surface area contributed by atoms with E-state index < -0.39 is 97.9 Å². The Morgan fingerprint density at radius 1 is 1.27 bits per heavy atom. The van der Waals surface area contributed by atoms with Gasteiger partial charge in [0.1, 0.15) is 17.1 Å². The lowest BCUT2D eigenvalue weighted by molar-refractivity contribution is -0.385. The molecule has 1 saturated carbocycles. The number of phenolic OH excluding ortho intramolecular Hbond substituents is 1. The second-order valence-corrected chi connectivity index (χ2v) is 8.36. The first-order valence-electron chi connectivity index (χ1n) is 9.71. The van der Waals surface area contributed by atoms with E-state index in [9.17, 15) is 50.0 Å². The van der Waals surface area contributed by atoms with Crippen molar-refractivity contribution in [2.24, 2.45) is 17.6 Å². The molecule has 9 N–H and O–H groups in total. The van der Waals surface area contributed by atoms with E-state index in [4.69, 9.17) is 11.5 Å². The third-order valence-electron chi connectivity index (χ3n) is 6.80. The quantitative estimate of drug-likeness (QED) is 0.0967. The van der Waals surface area contributed by atoms with Gasteiger partial charge in [-0.3, -0.25) is 24.5 Å². The second-order valence-electron chi connectivity index (χ2n) is 8.36. The highest BCUT2D eigenvalue weighted by Gasteiger charge is 2.65. The Morgan fingerprint density at radius 3 is 2.42 bits per heavy atom. The summed E-state index contributed by atoms with van der Waals surface area (Å²) >= 11 is 0. The maximum atomic E-state index is 13.4. The van der Waals surface area contributed by atoms with Gasteiger partial charge < -0.3 is 37.0 Å². The predicted molar refractivity (Wildman–Crippen MR) is 109 cm³/mol. The van der Waals surface area contributed by atoms with Crippen LogP contribution in [0.2, 0.25) is 0 Å². The SMILES string of the molecule is C[C@H]1c2c(N)cc([N+](=O)[O-])c(O)c2C(O)=C2C(=O)[C@]3(O)C(O)=C(C(N)=O)C(=O)C[C@@H]3[C@H](O)[C@@H]21. The van der Waals surface area contributed by atoms with Crippen molar-refractivity contribution in [1.82, 2.24) is 0 Å². The third-order valence-corrected chi connectivity index (χ3v) is 6.80. The van der Waals surface area contributed by atoms with Crippen molar-refractivity contribution in [2.75, 3.05) is 5.73 Å².